The van der Waals surface area contributed by atoms with Gasteiger partial charge in [-0.15, -0.1) is 0 Å². The minimum Gasteiger partial charge on any atom is -0.388 e. The molecule has 2 aliphatic rings. The fourth-order valence-corrected chi connectivity index (χ4v) is 6.83. The lowest BCUT2D eigenvalue weighted by molar-refractivity contribution is 0.0598. The van der Waals surface area contributed by atoms with Gasteiger partial charge in [-0.3, -0.25) is 29.0 Å². The van der Waals surface area contributed by atoms with E-state index in [0.29, 0.717) is 46.1 Å². The summed E-state index contributed by atoms with van der Waals surface area (Å²) in [4.78, 5) is 56.6. The van der Waals surface area contributed by atoms with Crippen LogP contribution in [0.3, 0.4) is 0 Å². The zero-order chi connectivity index (χ0) is 31.4. The van der Waals surface area contributed by atoms with Gasteiger partial charge in [-0.2, -0.15) is 0 Å². The van der Waals surface area contributed by atoms with Gasteiger partial charge in [0.25, 0.3) is 23.6 Å². The van der Waals surface area contributed by atoms with Gasteiger partial charge >= 0.3 is 0 Å². The number of nitrogens with one attached hydrogen (secondary N) is 2. The summed E-state index contributed by atoms with van der Waals surface area (Å²) in [5.41, 5.74) is 2.19. The minimum absolute atomic E-state index is 0.191. The maximum absolute atomic E-state index is 13.6. The van der Waals surface area contributed by atoms with Crippen LogP contribution in [-0.4, -0.2) is 59.6 Å². The highest BCUT2D eigenvalue weighted by Gasteiger charge is 2.35. The number of imide groups is 2. The van der Waals surface area contributed by atoms with E-state index < -0.39 is 0 Å². The summed E-state index contributed by atoms with van der Waals surface area (Å²) in [5.74, 6) is -1.20. The molecule has 0 aliphatic carbocycles. The second-order valence-corrected chi connectivity index (χ2v) is 11.5. The van der Waals surface area contributed by atoms with Crippen molar-refractivity contribution in [2.75, 3.05) is 26.2 Å². The van der Waals surface area contributed by atoms with Gasteiger partial charge in [-0.05, 0) is 56.6 Å². The number of amides is 4. The molecule has 46 heavy (non-hydrogen) atoms. The molecule has 0 aromatic heterocycles. The number of benzene rings is 6. The van der Waals surface area contributed by atoms with Crippen LogP contribution >= 0.6 is 0 Å². The van der Waals surface area contributed by atoms with Crippen molar-refractivity contribution in [2.45, 2.75) is 0 Å². The molecular formula is C38H28N4O4. The van der Waals surface area contributed by atoms with Crippen molar-refractivity contribution in [3.8, 4) is 0 Å². The Hall–Kier alpha value is -6.02. The Bertz CT molecular complexity index is 2160. The minimum atomic E-state index is -0.303. The number of fused-ring (bicyclic) bond motifs is 4. The molecule has 0 fully saturated rings. The summed E-state index contributed by atoms with van der Waals surface area (Å²) in [7, 11) is 0. The second-order valence-electron chi connectivity index (χ2n) is 11.5. The summed E-state index contributed by atoms with van der Waals surface area (Å²) < 4.78 is 0. The van der Waals surface area contributed by atoms with E-state index in [2.05, 4.69) is 10.6 Å². The van der Waals surface area contributed by atoms with Gasteiger partial charge in [0, 0.05) is 60.5 Å². The normalized spacial score (nSPS) is 14.4. The predicted molar refractivity (Wildman–Crippen MR) is 179 cm³/mol. The third-order valence-electron chi connectivity index (χ3n) is 8.92. The summed E-state index contributed by atoms with van der Waals surface area (Å²) in [5, 5.41) is 13.0. The molecule has 0 bridgehead atoms. The second kappa shape index (κ2) is 10.9. The molecule has 0 unspecified atom stereocenters. The van der Waals surface area contributed by atoms with Crippen LogP contribution in [0.4, 0.5) is 0 Å². The highest BCUT2D eigenvalue weighted by molar-refractivity contribution is 6.31. The molecule has 8 nitrogen and oxygen atoms in total. The number of nitrogens with zero attached hydrogens (tertiary/aromatic N) is 2. The first-order chi connectivity index (χ1) is 22.5. The van der Waals surface area contributed by atoms with Crippen LogP contribution in [0.5, 0.6) is 0 Å². The number of rotatable bonds is 8. The average molecular weight is 605 g/mol. The molecular weight excluding hydrogens is 576 g/mol. The zero-order valence-corrected chi connectivity index (χ0v) is 24.7. The van der Waals surface area contributed by atoms with Crippen LogP contribution in [0.1, 0.15) is 41.4 Å². The molecule has 0 radical (unpaired) electrons. The van der Waals surface area contributed by atoms with Crippen molar-refractivity contribution >= 4 is 66.7 Å². The zero-order valence-electron chi connectivity index (χ0n) is 24.7. The molecule has 2 N–H and O–H groups in total. The molecule has 4 amide bonds. The fraction of sp³-hybridized carbons (Fsp3) is 0.105. The van der Waals surface area contributed by atoms with Gasteiger partial charge in [0.2, 0.25) is 0 Å². The lowest BCUT2D eigenvalue weighted by Gasteiger charge is -2.28. The van der Waals surface area contributed by atoms with Crippen LogP contribution in [-0.2, 0) is 0 Å². The number of carbonyl (C=O) groups excluding carboxylic acids is 4. The summed E-state index contributed by atoms with van der Waals surface area (Å²) >= 11 is 0. The lowest BCUT2D eigenvalue weighted by atomic mass is 9.89. The number of carbonyl (C=O) groups is 4. The van der Waals surface area contributed by atoms with Crippen LogP contribution in [0.15, 0.2) is 109 Å². The molecule has 8 rings (SSSR count). The van der Waals surface area contributed by atoms with E-state index in [4.69, 9.17) is 0 Å². The largest absolute Gasteiger partial charge is 0.388 e. The van der Waals surface area contributed by atoms with Crippen LogP contribution in [0, 0.1) is 0 Å². The van der Waals surface area contributed by atoms with Gasteiger partial charge in [0.05, 0.1) is 11.1 Å². The van der Waals surface area contributed by atoms with Crippen molar-refractivity contribution in [2.24, 2.45) is 0 Å². The molecule has 0 atom stereocenters. The lowest BCUT2D eigenvalue weighted by Crippen LogP contribution is -2.43. The topological polar surface area (TPSA) is 98.8 Å². The van der Waals surface area contributed by atoms with Gasteiger partial charge in [0.15, 0.2) is 0 Å². The molecule has 224 valence electrons. The Morgan fingerprint density at radius 3 is 1.35 bits per heavy atom. The van der Waals surface area contributed by atoms with E-state index in [1.54, 1.807) is 24.5 Å². The number of hydrogen-bond acceptors (Lipinski definition) is 6. The van der Waals surface area contributed by atoms with Crippen molar-refractivity contribution < 1.29 is 19.2 Å². The molecule has 0 saturated heterocycles. The van der Waals surface area contributed by atoms with Gasteiger partial charge in [0.1, 0.15) is 0 Å². The Morgan fingerprint density at radius 1 is 0.478 bits per heavy atom. The maximum Gasteiger partial charge on any atom is 0.262 e. The third kappa shape index (κ3) is 4.22. The van der Waals surface area contributed by atoms with Crippen LogP contribution in [0.2, 0.25) is 0 Å². The summed E-state index contributed by atoms with van der Waals surface area (Å²) in [6.07, 6.45) is 3.37. The van der Waals surface area contributed by atoms with Crippen molar-refractivity contribution in [1.29, 1.82) is 0 Å². The Balaban J connectivity index is 0.911. The standard InChI is InChI=1S/C38H28N4O4/c43-35-29-13-5-9-25-21-23-7-1-3-11-27(23)33(31(25)29)37(45)41(35)19-17-39-15-16-40-18-20-42-36(44)30-14-6-10-26-22-24-8-2-4-12-28(24)34(32(26)30)38(42)46/h1-16,21-22,39-40H,17-20H2/b16-15+. The molecule has 8 heteroatoms. The van der Waals surface area contributed by atoms with Crippen LogP contribution < -0.4 is 10.6 Å². The first-order valence-corrected chi connectivity index (χ1v) is 15.3. The summed E-state index contributed by atoms with van der Waals surface area (Å²) in [6.45, 7) is 1.08. The fourth-order valence-electron chi connectivity index (χ4n) is 6.83. The van der Waals surface area contributed by atoms with E-state index in [0.717, 1.165) is 32.3 Å². The Morgan fingerprint density at radius 2 is 0.891 bits per heavy atom. The molecule has 6 aromatic carbocycles. The van der Waals surface area contributed by atoms with Crippen molar-refractivity contribution in [1.82, 2.24) is 20.4 Å². The molecule has 6 aromatic rings. The quantitative estimate of drug-likeness (QED) is 0.129. The monoisotopic (exact) mass is 604 g/mol. The molecule has 2 heterocycles. The van der Waals surface area contributed by atoms with E-state index in [-0.39, 0.29) is 36.7 Å². The first-order valence-electron chi connectivity index (χ1n) is 15.3. The van der Waals surface area contributed by atoms with Gasteiger partial charge < -0.3 is 10.6 Å². The van der Waals surface area contributed by atoms with Crippen LogP contribution in [0.25, 0.3) is 43.1 Å². The van der Waals surface area contributed by atoms with E-state index in [1.807, 2.05) is 84.9 Å². The Kier molecular flexibility index (Phi) is 6.49. The maximum atomic E-state index is 13.6. The molecule has 0 saturated carbocycles. The highest BCUT2D eigenvalue weighted by Crippen LogP contribution is 2.37. The average Bonchev–Trinajstić information content (AvgIpc) is 3.08. The van der Waals surface area contributed by atoms with E-state index in [1.165, 1.54) is 9.80 Å². The van der Waals surface area contributed by atoms with E-state index >= 15 is 0 Å². The Labute approximate surface area is 263 Å². The number of hydrogen-bond donors (Lipinski definition) is 2. The van der Waals surface area contributed by atoms with Gasteiger partial charge in [-0.1, -0.05) is 72.8 Å². The van der Waals surface area contributed by atoms with Gasteiger partial charge in [-0.25, -0.2) is 0 Å². The molecule has 0 spiro atoms. The van der Waals surface area contributed by atoms with Crippen molar-refractivity contribution in [3.05, 3.63) is 132 Å². The predicted octanol–water partition coefficient (Wildman–Crippen LogP) is 5.84. The third-order valence-corrected chi connectivity index (χ3v) is 8.92. The highest BCUT2D eigenvalue weighted by atomic mass is 16.2. The first kappa shape index (κ1) is 27.5. The van der Waals surface area contributed by atoms with Crippen molar-refractivity contribution in [3.63, 3.8) is 0 Å². The smallest absolute Gasteiger partial charge is 0.262 e. The summed E-state index contributed by atoms with van der Waals surface area (Å²) in [6, 6.07) is 30.6. The van der Waals surface area contributed by atoms with E-state index in [9.17, 15) is 19.2 Å². The SMILES string of the molecule is O=C1c2cccc3cc4ccccc4c(c23)C(=O)N1CCN/C=C/NCCN1C(=O)c2cccc3cc4ccccc4c(c23)C1=O. The molecule has 2 aliphatic heterocycles.